The number of aryl methyl sites for hydroxylation is 2. The summed E-state index contributed by atoms with van der Waals surface area (Å²) < 4.78 is 2.25. The van der Waals surface area contributed by atoms with Crippen LogP contribution in [0.1, 0.15) is 54.1 Å². The van der Waals surface area contributed by atoms with Gasteiger partial charge in [-0.1, -0.05) is 31.5 Å². The minimum absolute atomic E-state index is 0.00746. The Balaban J connectivity index is 1.61. The molecule has 6 nitrogen and oxygen atoms in total. The molecule has 2 N–H and O–H groups in total. The van der Waals surface area contributed by atoms with Crippen LogP contribution in [0.2, 0.25) is 5.02 Å². The van der Waals surface area contributed by atoms with Gasteiger partial charge in [0, 0.05) is 45.6 Å². The van der Waals surface area contributed by atoms with Crippen LogP contribution in [0.5, 0.6) is 0 Å². The number of amides is 1. The molecule has 2 aromatic carbocycles. The molecule has 1 fully saturated rings. The van der Waals surface area contributed by atoms with Crippen molar-refractivity contribution in [3.05, 3.63) is 106 Å². The van der Waals surface area contributed by atoms with Crippen LogP contribution >= 0.6 is 23.8 Å². The maximum atomic E-state index is 12.3. The number of pyridine rings is 1. The first kappa shape index (κ1) is 26.9. The molecule has 8 heteroatoms. The van der Waals surface area contributed by atoms with Crippen molar-refractivity contribution in [2.45, 2.75) is 46.7 Å². The first-order valence-electron chi connectivity index (χ1n) is 13.0. The highest BCUT2D eigenvalue weighted by molar-refractivity contribution is 7.80. The fourth-order valence-electron chi connectivity index (χ4n) is 5.24. The van der Waals surface area contributed by atoms with Gasteiger partial charge in [-0.05, 0) is 105 Å². The summed E-state index contributed by atoms with van der Waals surface area (Å²) in [4.78, 5) is 19.2. The lowest BCUT2D eigenvalue weighted by atomic mass is 9.96. The molecule has 1 amide bonds. The molecular weight excluding hydrogens is 526 g/mol. The molecule has 2 aromatic heterocycles. The monoisotopic (exact) mass is 557 g/mol. The molecule has 0 aliphatic carbocycles. The lowest BCUT2D eigenvalue weighted by Gasteiger charge is -2.29. The molecule has 200 valence electrons. The minimum Gasteiger partial charge on any atom is -0.351 e. The van der Waals surface area contributed by atoms with E-state index >= 15 is 0 Å². The van der Waals surface area contributed by atoms with E-state index in [0.717, 1.165) is 45.3 Å². The summed E-state index contributed by atoms with van der Waals surface area (Å²) in [7, 11) is 0. The third kappa shape index (κ3) is 5.16. The number of halogens is 1. The van der Waals surface area contributed by atoms with Gasteiger partial charge in [0.05, 0.1) is 17.8 Å². The third-order valence-corrected chi connectivity index (χ3v) is 7.81. The number of anilines is 2. The molecule has 0 radical (unpaired) electrons. The van der Waals surface area contributed by atoms with Gasteiger partial charge in [0.25, 0.3) is 0 Å². The fraction of sp³-hybridized carbons (Fsp3) is 0.258. The Morgan fingerprint density at radius 2 is 1.74 bits per heavy atom. The Hall–Kier alpha value is -3.68. The number of aromatic nitrogens is 2. The second-order valence-corrected chi connectivity index (χ2v) is 11.1. The highest BCUT2D eigenvalue weighted by Gasteiger charge is 2.42. The molecule has 3 heterocycles. The van der Waals surface area contributed by atoms with E-state index in [4.69, 9.17) is 23.8 Å². The number of nitrogens with one attached hydrogen (secondary N) is 2. The summed E-state index contributed by atoms with van der Waals surface area (Å²) in [5.74, 6) is -0.106. The van der Waals surface area contributed by atoms with E-state index in [2.05, 4.69) is 51.1 Å². The van der Waals surface area contributed by atoms with Gasteiger partial charge in [-0.25, -0.2) is 0 Å². The molecular formula is C31H32ClN5OS. The second-order valence-electron chi connectivity index (χ2n) is 10.3. The fourth-order valence-corrected chi connectivity index (χ4v) is 5.71. The molecule has 0 unspecified atom stereocenters. The van der Waals surface area contributed by atoms with Crippen molar-refractivity contribution in [3.63, 3.8) is 0 Å². The van der Waals surface area contributed by atoms with Crippen molar-refractivity contribution < 1.29 is 4.79 Å². The highest BCUT2D eigenvalue weighted by Crippen LogP contribution is 2.44. The van der Waals surface area contributed by atoms with E-state index in [1.807, 2.05) is 81.6 Å². The SMILES string of the molecule is Cc1cc(N2C(=S)N[C@H](c3ccccn3)[C@@H]2c2cc(C)n(-c3ccc(Cl)cc3)c2C)ccc1NC(=O)C(C)C. The van der Waals surface area contributed by atoms with Crippen LogP contribution in [0.25, 0.3) is 5.69 Å². The predicted octanol–water partition coefficient (Wildman–Crippen LogP) is 7.22. The van der Waals surface area contributed by atoms with Crippen molar-refractivity contribution in [2.24, 2.45) is 5.92 Å². The van der Waals surface area contributed by atoms with Gasteiger partial charge in [0.1, 0.15) is 0 Å². The van der Waals surface area contributed by atoms with Crippen LogP contribution < -0.4 is 15.5 Å². The van der Waals surface area contributed by atoms with Crippen LogP contribution in [0.3, 0.4) is 0 Å². The smallest absolute Gasteiger partial charge is 0.226 e. The lowest BCUT2D eigenvalue weighted by Crippen LogP contribution is -2.29. The van der Waals surface area contributed by atoms with Gasteiger partial charge in [0.2, 0.25) is 5.91 Å². The Morgan fingerprint density at radius 3 is 2.38 bits per heavy atom. The predicted molar refractivity (Wildman–Crippen MR) is 163 cm³/mol. The van der Waals surface area contributed by atoms with Gasteiger partial charge >= 0.3 is 0 Å². The molecule has 1 aliphatic heterocycles. The lowest BCUT2D eigenvalue weighted by molar-refractivity contribution is -0.118. The van der Waals surface area contributed by atoms with Crippen LogP contribution in [-0.4, -0.2) is 20.6 Å². The number of rotatable bonds is 6. The number of benzene rings is 2. The first-order chi connectivity index (χ1) is 18.7. The molecule has 4 aromatic rings. The third-order valence-electron chi connectivity index (χ3n) is 7.24. The summed E-state index contributed by atoms with van der Waals surface area (Å²) >= 11 is 12.1. The van der Waals surface area contributed by atoms with Gasteiger partial charge in [0.15, 0.2) is 5.11 Å². The summed E-state index contributed by atoms with van der Waals surface area (Å²) in [5, 5.41) is 7.91. The first-order valence-corrected chi connectivity index (χ1v) is 13.8. The molecule has 1 saturated heterocycles. The Morgan fingerprint density at radius 1 is 1.03 bits per heavy atom. The number of hydrogen-bond acceptors (Lipinski definition) is 3. The molecule has 0 saturated carbocycles. The number of carbonyl (C=O) groups excluding carboxylic acids is 1. The van der Waals surface area contributed by atoms with Gasteiger partial charge < -0.3 is 20.1 Å². The van der Waals surface area contributed by atoms with Crippen molar-refractivity contribution in [2.75, 3.05) is 10.2 Å². The number of carbonyl (C=O) groups is 1. The van der Waals surface area contributed by atoms with Crippen molar-refractivity contribution >= 4 is 46.2 Å². The van der Waals surface area contributed by atoms with Gasteiger partial charge in [-0.2, -0.15) is 0 Å². The molecule has 1 aliphatic rings. The summed E-state index contributed by atoms with van der Waals surface area (Å²) in [5.41, 5.74) is 8.08. The molecule has 0 spiro atoms. The molecule has 39 heavy (non-hydrogen) atoms. The van der Waals surface area contributed by atoms with E-state index in [9.17, 15) is 4.79 Å². The van der Waals surface area contributed by atoms with Crippen LogP contribution in [0, 0.1) is 26.7 Å². The molecule has 5 rings (SSSR count). The maximum absolute atomic E-state index is 12.3. The standard InChI is InChI=1S/C31H32ClN5OS/c1-18(2)30(38)34-26-14-13-24(16-19(26)3)37-29(28(35-31(37)39)27-8-6-7-15-33-27)25-17-20(4)36(21(25)5)23-11-9-22(32)10-12-23/h6-18,28-29H,1-5H3,(H,34,38)(H,35,39)/t28-,29+/m1/s1. The summed E-state index contributed by atoms with van der Waals surface area (Å²) in [6.45, 7) is 10.0. The summed E-state index contributed by atoms with van der Waals surface area (Å²) in [6, 6.07) is 21.8. The van der Waals surface area contributed by atoms with Crippen LogP contribution in [-0.2, 0) is 4.79 Å². The second kappa shape index (κ2) is 10.8. The maximum Gasteiger partial charge on any atom is 0.226 e. The summed E-state index contributed by atoms with van der Waals surface area (Å²) in [6.07, 6.45) is 1.81. The van der Waals surface area contributed by atoms with Gasteiger partial charge in [-0.3, -0.25) is 9.78 Å². The Labute approximate surface area is 240 Å². The average Bonchev–Trinajstić information content (AvgIpc) is 3.41. The molecule has 0 bridgehead atoms. The zero-order valence-electron chi connectivity index (χ0n) is 22.7. The van der Waals surface area contributed by atoms with E-state index in [1.54, 1.807) is 0 Å². The van der Waals surface area contributed by atoms with Gasteiger partial charge in [-0.15, -0.1) is 0 Å². The van der Waals surface area contributed by atoms with E-state index in [1.165, 1.54) is 0 Å². The zero-order valence-corrected chi connectivity index (χ0v) is 24.3. The average molecular weight is 558 g/mol. The van der Waals surface area contributed by atoms with E-state index in [0.29, 0.717) is 10.1 Å². The van der Waals surface area contributed by atoms with E-state index in [-0.39, 0.29) is 23.9 Å². The largest absolute Gasteiger partial charge is 0.351 e. The van der Waals surface area contributed by atoms with Crippen molar-refractivity contribution in [1.82, 2.24) is 14.9 Å². The topological polar surface area (TPSA) is 62.2 Å². The molecule has 2 atom stereocenters. The minimum atomic E-state index is -0.154. The Bertz CT molecular complexity index is 1530. The number of nitrogens with zero attached hydrogens (tertiary/aromatic N) is 3. The normalized spacial score (nSPS) is 17.0. The zero-order chi connectivity index (χ0) is 27.8. The van der Waals surface area contributed by atoms with E-state index < -0.39 is 0 Å². The Kier molecular flexibility index (Phi) is 7.47. The van der Waals surface area contributed by atoms with Crippen molar-refractivity contribution in [1.29, 1.82) is 0 Å². The quantitative estimate of drug-likeness (QED) is 0.245. The van der Waals surface area contributed by atoms with Crippen molar-refractivity contribution in [3.8, 4) is 5.69 Å². The van der Waals surface area contributed by atoms with Crippen LogP contribution in [0.4, 0.5) is 11.4 Å². The number of thiocarbonyl (C=S) groups is 1. The highest BCUT2D eigenvalue weighted by atomic mass is 35.5. The number of hydrogen-bond donors (Lipinski definition) is 2. The van der Waals surface area contributed by atoms with Crippen LogP contribution in [0.15, 0.2) is 72.9 Å².